The lowest BCUT2D eigenvalue weighted by Crippen LogP contribution is -2.04. The van der Waals surface area contributed by atoms with Crippen LogP contribution >= 0.6 is 0 Å². The van der Waals surface area contributed by atoms with Gasteiger partial charge in [0.1, 0.15) is 73.5 Å². The minimum Gasteiger partial charge on any atom is -0.508 e. The smallest absolute Gasteiger partial charge is 0.197 e. The van der Waals surface area contributed by atoms with Crippen molar-refractivity contribution in [2.45, 2.75) is 0 Å². The molecule has 6 aromatic carbocycles. The van der Waals surface area contributed by atoms with Gasteiger partial charge in [-0.05, 0) is 54.6 Å². The topological polar surface area (TPSA) is 313 Å². The minimum absolute atomic E-state index is 0.0683. The molecule has 0 amide bonds. The standard InChI is InChI=1S/C45H26O17/c46-17-2-3-18-24(50)11-32(61-31(18)10-17)19-4-7-22(48)42(56)36(19)41-29(55)15-35-39(45(41)59)27(53)13-33(62-35)20-5-8-23(49)43(57)37(20)40-28(54)14-34-38(44(40)58)26(52)12-30(60-34)16-1-6-21(47)25(51)9-16/h1-15,46-49,51,54-59H. The van der Waals surface area contributed by atoms with Gasteiger partial charge in [-0.3, -0.25) is 14.4 Å². The van der Waals surface area contributed by atoms with Crippen LogP contribution in [0.3, 0.4) is 0 Å². The third-order valence-electron chi connectivity index (χ3n) is 10.3. The molecule has 0 aliphatic carbocycles. The van der Waals surface area contributed by atoms with Gasteiger partial charge in [-0.2, -0.15) is 0 Å². The van der Waals surface area contributed by atoms with Crippen LogP contribution in [-0.4, -0.2) is 56.2 Å². The Hall–Kier alpha value is -9.25. The Morgan fingerprint density at radius 3 is 1.34 bits per heavy atom. The summed E-state index contributed by atoms with van der Waals surface area (Å²) in [4.78, 5) is 40.5. The zero-order valence-corrected chi connectivity index (χ0v) is 31.0. The summed E-state index contributed by atoms with van der Waals surface area (Å²) in [5.41, 5.74) is -5.95. The Kier molecular flexibility index (Phi) is 8.44. The molecule has 0 spiro atoms. The molecule has 0 radical (unpaired) electrons. The number of hydrogen-bond acceptors (Lipinski definition) is 17. The molecule has 0 bridgehead atoms. The van der Waals surface area contributed by atoms with E-state index in [0.717, 1.165) is 66.7 Å². The molecule has 0 saturated heterocycles. The first-order valence-electron chi connectivity index (χ1n) is 18.0. The third-order valence-corrected chi connectivity index (χ3v) is 10.3. The quantitative estimate of drug-likeness (QED) is 0.0770. The molecule has 62 heavy (non-hydrogen) atoms. The average molecular weight is 839 g/mol. The molecule has 17 heteroatoms. The molecule has 9 aromatic rings. The van der Waals surface area contributed by atoms with E-state index in [4.69, 9.17) is 13.3 Å². The monoisotopic (exact) mass is 838 g/mol. The molecule has 9 rings (SSSR count). The second kappa shape index (κ2) is 13.7. The summed E-state index contributed by atoms with van der Waals surface area (Å²) < 4.78 is 17.6. The van der Waals surface area contributed by atoms with Gasteiger partial charge in [0.2, 0.25) is 0 Å². The molecule has 17 nitrogen and oxygen atoms in total. The molecular formula is C45H26O17. The maximum Gasteiger partial charge on any atom is 0.197 e. The Labute approximate surface area is 342 Å². The van der Waals surface area contributed by atoms with Crippen LogP contribution in [0.4, 0.5) is 0 Å². The van der Waals surface area contributed by atoms with Gasteiger partial charge in [-0.1, -0.05) is 0 Å². The van der Waals surface area contributed by atoms with Crippen molar-refractivity contribution in [3.8, 4) is 119 Å². The first-order chi connectivity index (χ1) is 29.5. The van der Waals surface area contributed by atoms with E-state index in [1.807, 2.05) is 0 Å². The van der Waals surface area contributed by atoms with E-state index in [-0.39, 0.29) is 50.5 Å². The van der Waals surface area contributed by atoms with Gasteiger partial charge in [0.15, 0.2) is 50.8 Å². The van der Waals surface area contributed by atoms with Crippen molar-refractivity contribution < 1.29 is 69.4 Å². The van der Waals surface area contributed by atoms with E-state index >= 15 is 0 Å². The van der Waals surface area contributed by atoms with Gasteiger partial charge in [0.05, 0.1) is 16.5 Å². The fourth-order valence-corrected chi connectivity index (χ4v) is 7.38. The molecule has 3 heterocycles. The van der Waals surface area contributed by atoms with E-state index in [0.29, 0.717) is 0 Å². The van der Waals surface area contributed by atoms with Crippen LogP contribution in [0.15, 0.2) is 119 Å². The van der Waals surface area contributed by atoms with Crippen molar-refractivity contribution in [1.82, 2.24) is 0 Å². The number of phenolic OH excluding ortho intramolecular Hbond substituents is 11. The Balaban J connectivity index is 1.22. The second-order valence-corrected chi connectivity index (χ2v) is 14.0. The highest BCUT2D eigenvalue weighted by molar-refractivity contribution is 6.03. The maximum atomic E-state index is 14.0. The van der Waals surface area contributed by atoms with Crippen molar-refractivity contribution in [2.24, 2.45) is 0 Å². The number of aromatic hydroxyl groups is 11. The summed E-state index contributed by atoms with van der Waals surface area (Å²) in [6.45, 7) is 0. The summed E-state index contributed by atoms with van der Waals surface area (Å²) in [6, 6.07) is 16.3. The zero-order valence-electron chi connectivity index (χ0n) is 31.0. The van der Waals surface area contributed by atoms with Gasteiger partial charge < -0.3 is 69.4 Å². The van der Waals surface area contributed by atoms with Crippen LogP contribution < -0.4 is 16.3 Å². The lowest BCUT2D eigenvalue weighted by molar-refractivity contribution is 0.403. The van der Waals surface area contributed by atoms with E-state index in [1.54, 1.807) is 0 Å². The SMILES string of the molecule is O=c1cc(-c2ccc(O)c(O)c2-c2c(O)cc3oc(-c4ccc(O)c(O)c4-c4c(O)cc5oc(-c6ccc(O)c(O)c6)cc(=O)c5c4O)cc(=O)c3c2O)oc2cc(O)ccc12. The molecule has 0 unspecified atom stereocenters. The fourth-order valence-electron chi connectivity index (χ4n) is 7.38. The molecule has 11 N–H and O–H groups in total. The van der Waals surface area contributed by atoms with Crippen LogP contribution in [0.5, 0.6) is 63.2 Å². The second-order valence-electron chi connectivity index (χ2n) is 14.0. The Morgan fingerprint density at radius 2 is 0.806 bits per heavy atom. The van der Waals surface area contributed by atoms with Gasteiger partial charge in [0, 0.05) is 64.2 Å². The molecule has 3 aromatic heterocycles. The molecule has 0 saturated carbocycles. The molecule has 308 valence electrons. The van der Waals surface area contributed by atoms with Crippen molar-refractivity contribution in [1.29, 1.82) is 0 Å². The summed E-state index contributed by atoms with van der Waals surface area (Å²) in [7, 11) is 0. The van der Waals surface area contributed by atoms with Gasteiger partial charge in [-0.25, -0.2) is 0 Å². The van der Waals surface area contributed by atoms with Crippen LogP contribution in [0.2, 0.25) is 0 Å². The largest absolute Gasteiger partial charge is 0.508 e. The van der Waals surface area contributed by atoms with Crippen LogP contribution in [0.1, 0.15) is 0 Å². The number of fused-ring (bicyclic) bond motifs is 3. The predicted molar refractivity (Wildman–Crippen MR) is 220 cm³/mol. The van der Waals surface area contributed by atoms with E-state index in [1.165, 1.54) is 24.3 Å². The lowest BCUT2D eigenvalue weighted by Gasteiger charge is -2.18. The molecule has 0 aliphatic rings. The Bertz CT molecular complexity index is 3620. The Morgan fingerprint density at radius 1 is 0.339 bits per heavy atom. The van der Waals surface area contributed by atoms with Crippen molar-refractivity contribution in [3.63, 3.8) is 0 Å². The predicted octanol–water partition coefficient (Wildman–Crippen LogP) is 7.10. The van der Waals surface area contributed by atoms with E-state index in [2.05, 4.69) is 0 Å². The van der Waals surface area contributed by atoms with Crippen molar-refractivity contribution >= 4 is 32.9 Å². The lowest BCUT2D eigenvalue weighted by atomic mass is 9.92. The highest BCUT2D eigenvalue weighted by Crippen LogP contribution is 2.54. The normalized spacial score (nSPS) is 11.5. The zero-order chi connectivity index (χ0) is 44.0. The number of hydrogen-bond donors (Lipinski definition) is 11. The third kappa shape index (κ3) is 5.83. The fraction of sp³-hybridized carbons (Fsp3) is 0. The average Bonchev–Trinajstić information content (AvgIpc) is 3.21. The highest BCUT2D eigenvalue weighted by Gasteiger charge is 2.30. The first kappa shape index (κ1) is 38.3. The molecular weight excluding hydrogens is 812 g/mol. The van der Waals surface area contributed by atoms with Gasteiger partial charge in [0.25, 0.3) is 0 Å². The summed E-state index contributed by atoms with van der Waals surface area (Å²) >= 11 is 0. The van der Waals surface area contributed by atoms with Crippen LogP contribution in [0.25, 0.3) is 89.1 Å². The number of phenols is 11. The number of rotatable bonds is 5. The molecule has 0 aliphatic heterocycles. The first-order valence-corrected chi connectivity index (χ1v) is 18.0. The van der Waals surface area contributed by atoms with Crippen LogP contribution in [0, 0.1) is 0 Å². The summed E-state index contributed by atoms with van der Waals surface area (Å²) in [5, 5.41) is 118. The van der Waals surface area contributed by atoms with Gasteiger partial charge in [-0.15, -0.1) is 0 Å². The maximum absolute atomic E-state index is 14.0. The van der Waals surface area contributed by atoms with Crippen LogP contribution in [-0.2, 0) is 0 Å². The summed E-state index contributed by atoms with van der Waals surface area (Å²) in [5.74, 6) is -8.96. The van der Waals surface area contributed by atoms with Crippen molar-refractivity contribution in [3.05, 3.63) is 122 Å². The van der Waals surface area contributed by atoms with E-state index in [9.17, 15) is 70.6 Å². The molecule has 0 atom stereocenters. The molecule has 0 fully saturated rings. The van der Waals surface area contributed by atoms with Crippen molar-refractivity contribution in [2.75, 3.05) is 0 Å². The minimum atomic E-state index is -1.01. The van der Waals surface area contributed by atoms with E-state index < -0.39 is 118 Å². The highest BCUT2D eigenvalue weighted by atomic mass is 16.4. The summed E-state index contributed by atoms with van der Waals surface area (Å²) in [6.07, 6.45) is 0. The van der Waals surface area contributed by atoms with Gasteiger partial charge >= 0.3 is 0 Å². The number of benzene rings is 6.